The quantitative estimate of drug-likeness (QED) is 0.419. The van der Waals surface area contributed by atoms with E-state index in [-0.39, 0.29) is 0 Å². The summed E-state index contributed by atoms with van der Waals surface area (Å²) in [5.41, 5.74) is -1.12. The maximum atomic E-state index is 13.0. The molecule has 146 valence electrons. The van der Waals surface area contributed by atoms with E-state index in [1.54, 1.807) is 44.2 Å². The van der Waals surface area contributed by atoms with E-state index >= 15 is 0 Å². The molecule has 2 fully saturated rings. The number of carbonyl (C=O) groups excluding carboxylic acids is 2. The minimum Gasteiger partial charge on any atom is -0.480 e. The number of hydrogen-bond donors (Lipinski definition) is 2. The summed E-state index contributed by atoms with van der Waals surface area (Å²) in [5.74, 6) is -1.98. The van der Waals surface area contributed by atoms with Crippen molar-refractivity contribution >= 4 is 29.5 Å². The molecule has 3 atom stereocenters. The first-order valence-electron chi connectivity index (χ1n) is 8.99. The van der Waals surface area contributed by atoms with Crippen LogP contribution < -0.4 is 5.32 Å². The number of fused-ring (bicyclic) bond motifs is 1. The number of hydrogen-bond acceptors (Lipinski definition) is 5. The van der Waals surface area contributed by atoms with Gasteiger partial charge in [-0.1, -0.05) is 31.5 Å². The van der Waals surface area contributed by atoms with Gasteiger partial charge in [-0.15, -0.1) is 11.8 Å². The minimum atomic E-state index is -1.53. The average molecular weight is 392 g/mol. The Morgan fingerprint density at radius 3 is 2.56 bits per heavy atom. The topological polar surface area (TPSA) is 95.9 Å². The number of amides is 2. The summed E-state index contributed by atoms with van der Waals surface area (Å²) in [4.78, 5) is 38.8. The third-order valence-electron chi connectivity index (χ3n) is 4.90. The van der Waals surface area contributed by atoms with Gasteiger partial charge in [0.1, 0.15) is 11.4 Å². The molecular weight excluding hydrogens is 368 g/mol. The second-order valence-corrected chi connectivity index (χ2v) is 9.02. The molecule has 0 saturated carbocycles. The zero-order chi connectivity index (χ0) is 19.8. The van der Waals surface area contributed by atoms with Crippen LogP contribution in [0.3, 0.4) is 0 Å². The molecule has 0 bridgehead atoms. The molecule has 0 aromatic heterocycles. The second kappa shape index (κ2) is 7.16. The lowest BCUT2D eigenvalue weighted by Crippen LogP contribution is -2.80. The molecule has 1 aromatic rings. The highest BCUT2D eigenvalue weighted by molar-refractivity contribution is 8.01. The molecule has 2 heterocycles. The molecule has 0 spiro atoms. The number of rotatable bonds is 7. The second-order valence-electron chi connectivity index (χ2n) is 7.28. The van der Waals surface area contributed by atoms with E-state index in [0.29, 0.717) is 12.2 Å². The van der Waals surface area contributed by atoms with Crippen LogP contribution in [0.5, 0.6) is 0 Å². The number of β-lactam (4-membered cyclic amide) rings is 1. The Balaban J connectivity index is 1.90. The highest BCUT2D eigenvalue weighted by Crippen LogP contribution is 2.55. The molecule has 2 amide bonds. The van der Waals surface area contributed by atoms with Crippen LogP contribution in [0.2, 0.25) is 0 Å². The van der Waals surface area contributed by atoms with E-state index in [1.165, 1.54) is 16.7 Å². The third kappa shape index (κ3) is 3.21. The summed E-state index contributed by atoms with van der Waals surface area (Å²) in [6, 6.07) is 7.62. The lowest BCUT2D eigenvalue weighted by Gasteiger charge is -2.52. The van der Waals surface area contributed by atoms with Crippen molar-refractivity contribution < 1.29 is 24.2 Å². The number of unbranched alkanes of at least 4 members (excludes halogenated alkanes) is 1. The largest absolute Gasteiger partial charge is 0.480 e. The van der Waals surface area contributed by atoms with Gasteiger partial charge in [0.25, 0.3) is 17.5 Å². The molecule has 0 unspecified atom stereocenters. The van der Waals surface area contributed by atoms with Gasteiger partial charge in [-0.2, -0.15) is 0 Å². The molecule has 2 aliphatic rings. The minimum absolute atomic E-state index is 0.306. The normalized spacial score (nSPS) is 28.4. The zero-order valence-corrected chi connectivity index (χ0v) is 16.4. The predicted octanol–water partition coefficient (Wildman–Crippen LogP) is 2.08. The van der Waals surface area contributed by atoms with Crippen LogP contribution in [-0.2, 0) is 14.3 Å². The molecule has 27 heavy (non-hydrogen) atoms. The first-order chi connectivity index (χ1) is 12.7. The van der Waals surface area contributed by atoms with Gasteiger partial charge >= 0.3 is 5.97 Å². The molecule has 0 radical (unpaired) electrons. The zero-order valence-electron chi connectivity index (χ0n) is 15.6. The number of carboxylic acids is 1. The average Bonchev–Trinajstić information content (AvgIpc) is 2.90. The maximum Gasteiger partial charge on any atom is 0.327 e. The van der Waals surface area contributed by atoms with Crippen molar-refractivity contribution in [2.45, 2.75) is 55.5 Å². The van der Waals surface area contributed by atoms with Crippen molar-refractivity contribution in [3.05, 3.63) is 35.9 Å². The summed E-state index contributed by atoms with van der Waals surface area (Å²) in [6.07, 6.45) is 1.61. The fraction of sp³-hybridized carbons (Fsp3) is 0.526. The number of benzene rings is 1. The van der Waals surface area contributed by atoms with Gasteiger partial charge in [-0.3, -0.25) is 9.59 Å². The number of thioether (sulfide) groups is 1. The maximum absolute atomic E-state index is 13.0. The Labute approximate surface area is 162 Å². The van der Waals surface area contributed by atoms with E-state index in [1.807, 2.05) is 6.92 Å². The van der Waals surface area contributed by atoms with Crippen LogP contribution in [0.15, 0.2) is 30.3 Å². The summed E-state index contributed by atoms with van der Waals surface area (Å²) in [7, 11) is 0. The van der Waals surface area contributed by atoms with Crippen LogP contribution in [0, 0.1) is 0 Å². The van der Waals surface area contributed by atoms with Crippen LogP contribution in [0.1, 0.15) is 44.0 Å². The van der Waals surface area contributed by atoms with E-state index in [9.17, 15) is 19.5 Å². The van der Waals surface area contributed by atoms with E-state index in [0.717, 1.165) is 12.8 Å². The molecule has 7 nitrogen and oxygen atoms in total. The summed E-state index contributed by atoms with van der Waals surface area (Å²) in [6.45, 7) is 5.89. The molecule has 8 heteroatoms. The van der Waals surface area contributed by atoms with Crippen molar-refractivity contribution in [1.29, 1.82) is 0 Å². The van der Waals surface area contributed by atoms with Gasteiger partial charge in [0.15, 0.2) is 0 Å². The summed E-state index contributed by atoms with van der Waals surface area (Å²) < 4.78 is 5.21. The number of carboxylic acid groups (broad SMARTS) is 1. The van der Waals surface area contributed by atoms with Crippen LogP contribution in [0.25, 0.3) is 0 Å². The first-order valence-corrected chi connectivity index (χ1v) is 9.87. The number of aliphatic carboxylic acids is 1. The number of nitrogens with one attached hydrogen (secondary N) is 1. The Kier molecular flexibility index (Phi) is 5.22. The monoisotopic (exact) mass is 392 g/mol. The highest BCUT2D eigenvalue weighted by atomic mass is 32.2. The van der Waals surface area contributed by atoms with Crippen LogP contribution >= 0.6 is 11.8 Å². The predicted molar refractivity (Wildman–Crippen MR) is 101 cm³/mol. The highest BCUT2D eigenvalue weighted by Gasteiger charge is 2.73. The van der Waals surface area contributed by atoms with Gasteiger partial charge in [0.2, 0.25) is 0 Å². The molecule has 3 rings (SSSR count). The fourth-order valence-corrected chi connectivity index (χ4v) is 5.17. The summed E-state index contributed by atoms with van der Waals surface area (Å²) in [5, 5.41) is 11.8. The van der Waals surface area contributed by atoms with Gasteiger partial charge in [-0.25, -0.2) is 4.79 Å². The van der Waals surface area contributed by atoms with Crippen LogP contribution in [0.4, 0.5) is 0 Å². The van der Waals surface area contributed by atoms with Gasteiger partial charge in [0, 0.05) is 10.3 Å². The Hall–Kier alpha value is -2.06. The standard InChI is InChI=1S/C19H24N2O5S/c1-4-5-11-26-19(20-14(22)12-9-7-6-8-10-12)16(25)21-13(15(23)24)18(2,3)27-17(19)21/h6-10,13,17H,4-5,11H2,1-3H3,(H,20,22)(H,23,24)/t13-,17+,19+/m0/s1. The number of nitrogens with zero attached hydrogens (tertiary/aromatic N) is 1. The molecule has 2 N–H and O–H groups in total. The lowest BCUT2D eigenvalue weighted by atomic mass is 9.93. The van der Waals surface area contributed by atoms with Crippen molar-refractivity contribution in [3.63, 3.8) is 0 Å². The number of carbonyl (C=O) groups is 3. The van der Waals surface area contributed by atoms with Gasteiger partial charge in [-0.05, 0) is 32.4 Å². The summed E-state index contributed by atoms with van der Waals surface area (Å²) >= 11 is 1.34. The van der Waals surface area contributed by atoms with Crippen LogP contribution in [-0.4, -0.2) is 56.3 Å². The van der Waals surface area contributed by atoms with Gasteiger partial charge in [0.05, 0.1) is 6.61 Å². The Morgan fingerprint density at radius 2 is 1.96 bits per heavy atom. The van der Waals surface area contributed by atoms with E-state index in [4.69, 9.17) is 4.74 Å². The number of ether oxygens (including phenoxy) is 1. The van der Waals surface area contributed by atoms with E-state index < -0.39 is 39.7 Å². The molecule has 1 aromatic carbocycles. The SMILES string of the molecule is CCCCO[C@]1(NC(=O)c2ccccc2)C(=O)N2[C@@H](C(=O)O)C(C)(C)S[C@@H]21. The lowest BCUT2D eigenvalue weighted by molar-refractivity contribution is -0.203. The fourth-order valence-electron chi connectivity index (χ4n) is 3.52. The van der Waals surface area contributed by atoms with Crippen molar-refractivity contribution in [3.8, 4) is 0 Å². The third-order valence-corrected chi connectivity index (χ3v) is 6.51. The Morgan fingerprint density at radius 1 is 1.30 bits per heavy atom. The van der Waals surface area contributed by atoms with Crippen molar-refractivity contribution in [2.75, 3.05) is 6.61 Å². The van der Waals surface area contributed by atoms with Gasteiger partial charge < -0.3 is 20.1 Å². The molecule has 2 saturated heterocycles. The smallest absolute Gasteiger partial charge is 0.327 e. The molecule has 2 aliphatic heterocycles. The first kappa shape index (κ1) is 19.7. The van der Waals surface area contributed by atoms with Crippen molar-refractivity contribution in [1.82, 2.24) is 10.2 Å². The Bertz CT molecular complexity index is 754. The van der Waals surface area contributed by atoms with E-state index in [2.05, 4.69) is 5.32 Å². The molecular formula is C19H24N2O5S. The molecule has 0 aliphatic carbocycles. The van der Waals surface area contributed by atoms with Crippen molar-refractivity contribution in [2.24, 2.45) is 0 Å².